The second-order valence-electron chi connectivity index (χ2n) is 13.4. The topological polar surface area (TPSA) is 93.1 Å². The second-order valence-corrected chi connectivity index (χ2v) is 13.4. The van der Waals surface area contributed by atoms with Crippen molar-refractivity contribution < 1.29 is 29.3 Å². The van der Waals surface area contributed by atoms with Gasteiger partial charge in [0.25, 0.3) is 0 Å². The highest BCUT2D eigenvalue weighted by Crippen LogP contribution is 2.39. The SMILES string of the molecule is C=C(CO)C(=O)OCCc1cc(CCOC(=O)C(=C)CO)cc(-c2ccc(-c3ccc(C4CCC(CCCCC)CC4)cc3)c(CC)c2)c1. The molecule has 1 aliphatic rings. The van der Waals surface area contributed by atoms with E-state index in [-0.39, 0.29) is 24.4 Å². The Balaban J connectivity index is 1.50. The van der Waals surface area contributed by atoms with Gasteiger partial charge in [-0.2, -0.15) is 0 Å². The molecule has 0 heterocycles. The van der Waals surface area contributed by atoms with Crippen LogP contribution in [-0.2, 0) is 38.3 Å². The number of benzene rings is 3. The van der Waals surface area contributed by atoms with Gasteiger partial charge in [0.05, 0.1) is 37.6 Å². The van der Waals surface area contributed by atoms with Crippen LogP contribution in [0.4, 0.5) is 0 Å². The smallest absolute Gasteiger partial charge is 0.335 e. The van der Waals surface area contributed by atoms with Gasteiger partial charge in [0.1, 0.15) is 0 Å². The van der Waals surface area contributed by atoms with E-state index < -0.39 is 25.2 Å². The number of aliphatic hydroxyl groups excluding tert-OH is 2. The first-order chi connectivity index (χ1) is 23.8. The zero-order chi connectivity index (χ0) is 35.2. The number of unbranched alkanes of at least 4 members (excludes halogenated alkanes) is 2. The molecule has 0 atom stereocenters. The van der Waals surface area contributed by atoms with Crippen LogP contribution in [-0.4, -0.2) is 48.6 Å². The Morgan fingerprint density at radius 2 is 1.29 bits per heavy atom. The molecule has 1 fully saturated rings. The number of esters is 2. The van der Waals surface area contributed by atoms with Gasteiger partial charge in [-0.25, -0.2) is 9.59 Å². The first-order valence-electron chi connectivity index (χ1n) is 18.0. The van der Waals surface area contributed by atoms with Gasteiger partial charge >= 0.3 is 11.9 Å². The fraction of sp³-hybridized carbons (Fsp3) is 0.442. The highest BCUT2D eigenvalue weighted by atomic mass is 16.5. The minimum absolute atomic E-state index is 0.0165. The Bertz CT molecular complexity index is 1510. The fourth-order valence-electron chi connectivity index (χ4n) is 6.82. The summed E-state index contributed by atoms with van der Waals surface area (Å²) in [4.78, 5) is 24.0. The Kier molecular flexibility index (Phi) is 14.9. The summed E-state index contributed by atoms with van der Waals surface area (Å²) in [6.07, 6.45) is 12.6. The quantitative estimate of drug-likeness (QED) is 0.0802. The van der Waals surface area contributed by atoms with Crippen LogP contribution in [0.5, 0.6) is 0 Å². The van der Waals surface area contributed by atoms with Crippen molar-refractivity contribution in [2.45, 2.75) is 90.4 Å². The van der Waals surface area contributed by atoms with Crippen LogP contribution in [0.1, 0.15) is 93.4 Å². The third-order valence-corrected chi connectivity index (χ3v) is 9.83. The highest BCUT2D eigenvalue weighted by Gasteiger charge is 2.22. The molecule has 1 aliphatic carbocycles. The molecule has 3 aromatic carbocycles. The molecule has 3 aromatic rings. The monoisotopic (exact) mass is 666 g/mol. The summed E-state index contributed by atoms with van der Waals surface area (Å²) in [6.45, 7) is 10.9. The highest BCUT2D eigenvalue weighted by molar-refractivity contribution is 5.88. The van der Waals surface area contributed by atoms with Crippen LogP contribution < -0.4 is 0 Å². The first-order valence-corrected chi connectivity index (χ1v) is 18.0. The summed E-state index contributed by atoms with van der Waals surface area (Å²) >= 11 is 0. The van der Waals surface area contributed by atoms with Gasteiger partial charge in [0, 0.05) is 12.8 Å². The van der Waals surface area contributed by atoms with E-state index in [2.05, 4.69) is 81.6 Å². The molecule has 4 rings (SSSR count). The standard InChI is InChI=1S/C43H54O6/c1-5-7-8-9-32-10-12-36(13-11-32)37-14-16-38(17-15-37)41-19-18-39(27-35(41)6-2)40-25-33(20-22-48-42(46)30(3)28-44)24-34(26-40)21-23-49-43(47)31(4)29-45/h14-19,24-27,32,36,44-45H,3-13,20-23,28-29H2,1-2H3. The molecule has 2 N–H and O–H groups in total. The molecular weight excluding hydrogens is 612 g/mol. The number of ether oxygens (including phenoxy) is 2. The predicted molar refractivity (Wildman–Crippen MR) is 197 cm³/mol. The second kappa shape index (κ2) is 19.3. The summed E-state index contributed by atoms with van der Waals surface area (Å²) in [5, 5.41) is 18.3. The van der Waals surface area contributed by atoms with Gasteiger partial charge in [0.15, 0.2) is 0 Å². The minimum atomic E-state index is -0.615. The van der Waals surface area contributed by atoms with Crippen molar-refractivity contribution in [1.82, 2.24) is 0 Å². The van der Waals surface area contributed by atoms with E-state index in [0.717, 1.165) is 34.6 Å². The van der Waals surface area contributed by atoms with Crippen LogP contribution in [0.15, 0.2) is 85.0 Å². The third-order valence-electron chi connectivity index (χ3n) is 9.83. The van der Waals surface area contributed by atoms with Crippen molar-refractivity contribution in [3.8, 4) is 22.3 Å². The van der Waals surface area contributed by atoms with Crippen molar-refractivity contribution in [2.24, 2.45) is 5.92 Å². The number of aryl methyl sites for hydroxylation is 1. The Morgan fingerprint density at radius 3 is 1.82 bits per heavy atom. The number of aliphatic hydroxyl groups is 2. The van der Waals surface area contributed by atoms with Crippen molar-refractivity contribution in [2.75, 3.05) is 26.4 Å². The lowest BCUT2D eigenvalue weighted by atomic mass is 9.77. The minimum Gasteiger partial charge on any atom is -0.462 e. The van der Waals surface area contributed by atoms with Crippen LogP contribution >= 0.6 is 0 Å². The van der Waals surface area contributed by atoms with Crippen LogP contribution in [0.25, 0.3) is 22.3 Å². The molecule has 0 unspecified atom stereocenters. The van der Waals surface area contributed by atoms with Crippen molar-refractivity contribution in [3.05, 3.63) is 107 Å². The average Bonchev–Trinajstić information content (AvgIpc) is 3.14. The molecule has 0 aromatic heterocycles. The molecule has 0 spiro atoms. The Morgan fingerprint density at radius 1 is 0.714 bits per heavy atom. The summed E-state index contributed by atoms with van der Waals surface area (Å²) in [6, 6.07) is 22.1. The van der Waals surface area contributed by atoms with Gasteiger partial charge < -0.3 is 19.7 Å². The van der Waals surface area contributed by atoms with E-state index in [0.29, 0.717) is 18.8 Å². The molecule has 49 heavy (non-hydrogen) atoms. The molecule has 262 valence electrons. The maximum Gasteiger partial charge on any atom is 0.335 e. The number of rotatable bonds is 18. The van der Waals surface area contributed by atoms with Crippen molar-refractivity contribution >= 4 is 11.9 Å². The zero-order valence-corrected chi connectivity index (χ0v) is 29.5. The maximum atomic E-state index is 12.0. The van der Waals surface area contributed by atoms with E-state index >= 15 is 0 Å². The van der Waals surface area contributed by atoms with E-state index in [9.17, 15) is 19.8 Å². The van der Waals surface area contributed by atoms with E-state index in [1.807, 2.05) is 6.07 Å². The number of hydrogen-bond acceptors (Lipinski definition) is 6. The summed E-state index contributed by atoms with van der Waals surface area (Å²) < 4.78 is 10.6. The van der Waals surface area contributed by atoms with Gasteiger partial charge in [-0.15, -0.1) is 0 Å². The Labute approximate surface area is 292 Å². The zero-order valence-electron chi connectivity index (χ0n) is 29.5. The van der Waals surface area contributed by atoms with Gasteiger partial charge in [-0.1, -0.05) is 113 Å². The van der Waals surface area contributed by atoms with Crippen LogP contribution in [0.2, 0.25) is 0 Å². The molecular formula is C43H54O6. The van der Waals surface area contributed by atoms with Gasteiger partial charge in [-0.05, 0) is 88.4 Å². The summed E-state index contributed by atoms with van der Waals surface area (Å²) in [7, 11) is 0. The van der Waals surface area contributed by atoms with Gasteiger partial charge in [-0.3, -0.25) is 0 Å². The van der Waals surface area contributed by atoms with E-state index in [1.54, 1.807) is 0 Å². The fourth-order valence-corrected chi connectivity index (χ4v) is 6.82. The van der Waals surface area contributed by atoms with Crippen LogP contribution in [0, 0.1) is 5.92 Å². The third kappa shape index (κ3) is 11.0. The molecule has 6 nitrogen and oxygen atoms in total. The molecule has 0 bridgehead atoms. The molecule has 1 saturated carbocycles. The average molecular weight is 667 g/mol. The normalized spacial score (nSPS) is 15.8. The number of hydrogen-bond donors (Lipinski definition) is 2. The Hall–Kier alpha value is -4.00. The lowest BCUT2D eigenvalue weighted by Crippen LogP contribution is -2.13. The molecule has 0 radical (unpaired) electrons. The first kappa shape index (κ1) is 37.8. The lowest BCUT2D eigenvalue weighted by molar-refractivity contribution is -0.140. The molecule has 0 aliphatic heterocycles. The molecule has 0 amide bonds. The van der Waals surface area contributed by atoms with Crippen molar-refractivity contribution in [3.63, 3.8) is 0 Å². The molecule has 0 saturated heterocycles. The van der Waals surface area contributed by atoms with Gasteiger partial charge in [0.2, 0.25) is 0 Å². The van der Waals surface area contributed by atoms with E-state index in [4.69, 9.17) is 9.47 Å². The van der Waals surface area contributed by atoms with Crippen LogP contribution in [0.3, 0.4) is 0 Å². The summed E-state index contributed by atoms with van der Waals surface area (Å²) in [5.74, 6) is 0.349. The number of carbonyl (C=O) groups is 2. The largest absolute Gasteiger partial charge is 0.462 e. The molecule has 6 heteroatoms. The summed E-state index contributed by atoms with van der Waals surface area (Å²) in [5.41, 5.74) is 9.26. The predicted octanol–water partition coefficient (Wildman–Crippen LogP) is 8.71. The number of carbonyl (C=O) groups excluding carboxylic acids is 2. The lowest BCUT2D eigenvalue weighted by Gasteiger charge is -2.29. The maximum absolute atomic E-state index is 12.0. The van der Waals surface area contributed by atoms with Crippen molar-refractivity contribution in [1.29, 1.82) is 0 Å². The van der Waals surface area contributed by atoms with E-state index in [1.165, 1.54) is 73.6 Å².